The molecular formula is C15H21F2NO2. The predicted molar refractivity (Wildman–Crippen MR) is 73.9 cm³/mol. The van der Waals surface area contributed by atoms with E-state index in [1.807, 2.05) is 18.7 Å². The lowest BCUT2D eigenvalue weighted by atomic mass is 10.0. The van der Waals surface area contributed by atoms with Crippen LogP contribution in [0.3, 0.4) is 0 Å². The van der Waals surface area contributed by atoms with Gasteiger partial charge in [0.05, 0.1) is 18.2 Å². The summed E-state index contributed by atoms with van der Waals surface area (Å²) < 4.78 is 31.6. The first-order valence-corrected chi connectivity index (χ1v) is 6.66. The van der Waals surface area contributed by atoms with Crippen LogP contribution in [-0.4, -0.2) is 43.0 Å². The molecule has 0 aliphatic heterocycles. The summed E-state index contributed by atoms with van der Waals surface area (Å²) >= 11 is 0. The second-order valence-electron chi connectivity index (χ2n) is 4.80. The smallest absolute Gasteiger partial charge is 0.182 e. The van der Waals surface area contributed by atoms with Crippen molar-refractivity contribution in [3.8, 4) is 0 Å². The zero-order valence-corrected chi connectivity index (χ0v) is 12.3. The third-order valence-corrected chi connectivity index (χ3v) is 3.41. The van der Waals surface area contributed by atoms with Crippen LogP contribution >= 0.6 is 0 Å². The van der Waals surface area contributed by atoms with Crippen LogP contribution in [0.2, 0.25) is 0 Å². The lowest BCUT2D eigenvalue weighted by molar-refractivity contribution is 0.0609. The summed E-state index contributed by atoms with van der Waals surface area (Å²) in [5, 5.41) is 0. The third kappa shape index (κ3) is 3.84. The highest BCUT2D eigenvalue weighted by molar-refractivity contribution is 6.00. The summed E-state index contributed by atoms with van der Waals surface area (Å²) in [6, 6.07) is 2.56. The molecule has 0 saturated heterocycles. The van der Waals surface area contributed by atoms with Crippen LogP contribution in [0.15, 0.2) is 18.2 Å². The molecule has 0 spiro atoms. The summed E-state index contributed by atoms with van der Waals surface area (Å²) in [5.74, 6) is -1.86. The van der Waals surface area contributed by atoms with E-state index >= 15 is 0 Å². The van der Waals surface area contributed by atoms with Crippen LogP contribution in [-0.2, 0) is 4.74 Å². The number of hydrogen-bond acceptors (Lipinski definition) is 3. The highest BCUT2D eigenvalue weighted by Crippen LogP contribution is 2.16. The standard InChI is InChI=1S/C15H21F2NO2/c1-5-18(10(2)9-20-4)11(3)15(19)13-7-6-12(16)8-14(13)17/h6-8,10-11H,5,9H2,1-4H3. The normalized spacial score (nSPS) is 14.3. The van der Waals surface area contributed by atoms with Crippen molar-refractivity contribution in [1.29, 1.82) is 0 Å². The van der Waals surface area contributed by atoms with E-state index in [1.165, 1.54) is 6.07 Å². The van der Waals surface area contributed by atoms with E-state index in [2.05, 4.69) is 0 Å². The number of carbonyl (C=O) groups is 1. The van der Waals surface area contributed by atoms with Gasteiger partial charge in [0, 0.05) is 19.2 Å². The maximum atomic E-state index is 13.7. The molecule has 1 rings (SSSR count). The number of benzene rings is 1. The topological polar surface area (TPSA) is 29.5 Å². The van der Waals surface area contributed by atoms with Gasteiger partial charge in [-0.05, 0) is 32.5 Å². The van der Waals surface area contributed by atoms with Gasteiger partial charge in [-0.25, -0.2) is 8.78 Å². The minimum atomic E-state index is -0.822. The molecule has 1 aromatic carbocycles. The van der Waals surface area contributed by atoms with E-state index in [4.69, 9.17) is 4.74 Å². The zero-order chi connectivity index (χ0) is 15.3. The van der Waals surface area contributed by atoms with Crippen LogP contribution in [0.25, 0.3) is 0 Å². The van der Waals surface area contributed by atoms with E-state index in [-0.39, 0.29) is 17.4 Å². The number of nitrogens with zero attached hydrogens (tertiary/aromatic N) is 1. The van der Waals surface area contributed by atoms with E-state index in [0.29, 0.717) is 13.2 Å². The molecule has 0 amide bonds. The van der Waals surface area contributed by atoms with Gasteiger partial charge in [0.15, 0.2) is 5.78 Å². The van der Waals surface area contributed by atoms with Gasteiger partial charge >= 0.3 is 0 Å². The number of carbonyl (C=O) groups excluding carboxylic acids is 1. The lowest BCUT2D eigenvalue weighted by Crippen LogP contribution is -2.46. The molecule has 0 heterocycles. The van der Waals surface area contributed by atoms with Gasteiger partial charge in [-0.1, -0.05) is 6.92 Å². The van der Waals surface area contributed by atoms with Crippen LogP contribution in [0.1, 0.15) is 31.1 Å². The summed E-state index contributed by atoms with van der Waals surface area (Å²) in [6.07, 6.45) is 0. The van der Waals surface area contributed by atoms with Crippen LogP contribution in [0.4, 0.5) is 8.78 Å². The number of likely N-dealkylation sites (N-methyl/N-ethyl adjacent to an activating group) is 1. The molecule has 2 unspecified atom stereocenters. The molecule has 1 aromatic rings. The fraction of sp³-hybridized carbons (Fsp3) is 0.533. The molecule has 0 aromatic heterocycles. The molecular weight excluding hydrogens is 264 g/mol. The third-order valence-electron chi connectivity index (χ3n) is 3.41. The number of Topliss-reactive ketones (excluding diaryl/α,β-unsaturated/α-hetero) is 1. The van der Waals surface area contributed by atoms with Crippen molar-refractivity contribution in [3.05, 3.63) is 35.4 Å². The van der Waals surface area contributed by atoms with Crippen molar-refractivity contribution in [2.24, 2.45) is 0 Å². The van der Waals surface area contributed by atoms with Gasteiger partial charge in [-0.15, -0.1) is 0 Å². The second kappa shape index (κ2) is 7.45. The molecule has 20 heavy (non-hydrogen) atoms. The molecule has 112 valence electrons. The van der Waals surface area contributed by atoms with Gasteiger partial charge in [-0.3, -0.25) is 9.69 Å². The molecule has 0 N–H and O–H groups in total. The van der Waals surface area contributed by atoms with Gasteiger partial charge < -0.3 is 4.74 Å². The Morgan fingerprint density at radius 2 is 2.00 bits per heavy atom. The number of hydrogen-bond donors (Lipinski definition) is 0. The Kier molecular flexibility index (Phi) is 6.23. The van der Waals surface area contributed by atoms with Crippen molar-refractivity contribution >= 4 is 5.78 Å². The number of methoxy groups -OCH3 is 1. The Hall–Kier alpha value is -1.33. The Balaban J connectivity index is 2.94. The molecule has 0 aliphatic carbocycles. The Morgan fingerprint density at radius 1 is 1.35 bits per heavy atom. The molecule has 3 nitrogen and oxygen atoms in total. The Labute approximate surface area is 118 Å². The minimum Gasteiger partial charge on any atom is -0.383 e. The van der Waals surface area contributed by atoms with Gasteiger partial charge in [0.25, 0.3) is 0 Å². The summed E-state index contributed by atoms with van der Waals surface area (Å²) in [5.41, 5.74) is -0.0815. The molecule has 0 saturated carbocycles. The van der Waals surface area contributed by atoms with Gasteiger partial charge in [0.2, 0.25) is 0 Å². The first kappa shape index (κ1) is 16.7. The maximum absolute atomic E-state index is 13.7. The van der Waals surface area contributed by atoms with Gasteiger partial charge in [-0.2, -0.15) is 0 Å². The molecule has 2 atom stereocenters. The van der Waals surface area contributed by atoms with Crippen molar-refractivity contribution < 1.29 is 18.3 Å². The SMILES string of the molecule is CCN(C(C)COC)C(C)C(=O)c1ccc(F)cc1F. The summed E-state index contributed by atoms with van der Waals surface area (Å²) in [6.45, 7) is 6.72. The van der Waals surface area contributed by atoms with Crippen molar-refractivity contribution in [3.63, 3.8) is 0 Å². The predicted octanol–water partition coefficient (Wildman–Crippen LogP) is 2.89. The lowest BCUT2D eigenvalue weighted by Gasteiger charge is -2.32. The number of ketones is 1. The van der Waals surface area contributed by atoms with Crippen molar-refractivity contribution in [2.75, 3.05) is 20.3 Å². The summed E-state index contributed by atoms with van der Waals surface area (Å²) in [7, 11) is 1.59. The first-order valence-electron chi connectivity index (χ1n) is 6.66. The van der Waals surface area contributed by atoms with E-state index in [9.17, 15) is 13.6 Å². The minimum absolute atomic E-state index is 0.0347. The highest BCUT2D eigenvalue weighted by Gasteiger charge is 2.27. The van der Waals surface area contributed by atoms with E-state index < -0.39 is 17.7 Å². The molecule has 0 fully saturated rings. The van der Waals surface area contributed by atoms with Crippen molar-refractivity contribution in [1.82, 2.24) is 4.90 Å². The summed E-state index contributed by atoms with van der Waals surface area (Å²) in [4.78, 5) is 14.3. The van der Waals surface area contributed by atoms with Crippen LogP contribution < -0.4 is 0 Å². The molecule has 5 heteroatoms. The monoisotopic (exact) mass is 285 g/mol. The van der Waals surface area contributed by atoms with Crippen LogP contribution in [0.5, 0.6) is 0 Å². The number of halogens is 2. The number of rotatable bonds is 7. The largest absolute Gasteiger partial charge is 0.383 e. The highest BCUT2D eigenvalue weighted by atomic mass is 19.1. The fourth-order valence-corrected chi connectivity index (χ4v) is 2.37. The zero-order valence-electron chi connectivity index (χ0n) is 12.3. The molecule has 0 bridgehead atoms. The average Bonchev–Trinajstić information content (AvgIpc) is 2.39. The van der Waals surface area contributed by atoms with E-state index in [0.717, 1.165) is 12.1 Å². The quantitative estimate of drug-likeness (QED) is 0.721. The number of ether oxygens (including phenoxy) is 1. The van der Waals surface area contributed by atoms with Crippen LogP contribution in [0, 0.1) is 11.6 Å². The Bertz CT molecular complexity index is 465. The molecule has 0 aliphatic rings. The van der Waals surface area contributed by atoms with E-state index in [1.54, 1.807) is 14.0 Å². The average molecular weight is 285 g/mol. The first-order chi connectivity index (χ1) is 9.42. The Morgan fingerprint density at radius 3 is 2.50 bits per heavy atom. The van der Waals surface area contributed by atoms with Crippen molar-refractivity contribution in [2.45, 2.75) is 32.9 Å². The maximum Gasteiger partial charge on any atom is 0.182 e. The molecule has 0 radical (unpaired) electrons. The van der Waals surface area contributed by atoms with Gasteiger partial charge in [0.1, 0.15) is 11.6 Å². The fourth-order valence-electron chi connectivity index (χ4n) is 2.37. The second-order valence-corrected chi connectivity index (χ2v) is 4.80.